The molecule has 0 saturated carbocycles. The van der Waals surface area contributed by atoms with E-state index in [1.54, 1.807) is 7.11 Å². The zero-order valence-electron chi connectivity index (χ0n) is 10.0. The number of hydrogen-bond acceptors (Lipinski definition) is 5. The average Bonchev–Trinajstić information content (AvgIpc) is 2.64. The van der Waals surface area contributed by atoms with Gasteiger partial charge in [-0.2, -0.15) is 0 Å². The van der Waals surface area contributed by atoms with Crippen molar-refractivity contribution in [2.24, 2.45) is 0 Å². The van der Waals surface area contributed by atoms with Crippen molar-refractivity contribution in [3.63, 3.8) is 0 Å². The molecule has 1 heterocycles. The van der Waals surface area contributed by atoms with E-state index >= 15 is 0 Å². The summed E-state index contributed by atoms with van der Waals surface area (Å²) in [4.78, 5) is 23.8. The van der Waals surface area contributed by atoms with Gasteiger partial charge in [-0.15, -0.1) is 0 Å². The SMILES string of the molecule is C.C.C.C.COCCOCC(CN1C(=O)C=CC1=O)OC. The predicted molar refractivity (Wildman–Crippen MR) is 86.3 cm³/mol. The van der Waals surface area contributed by atoms with E-state index in [1.165, 1.54) is 19.3 Å². The maximum absolute atomic E-state index is 11.3. The molecule has 1 aliphatic heterocycles. The Labute approximate surface area is 130 Å². The number of ether oxygens (including phenoxy) is 3. The van der Waals surface area contributed by atoms with Gasteiger partial charge in [-0.25, -0.2) is 0 Å². The Balaban J connectivity index is -0.000000361. The first kappa shape index (κ1) is 28.0. The van der Waals surface area contributed by atoms with Crippen LogP contribution in [0.1, 0.15) is 29.7 Å². The predicted octanol–water partition coefficient (Wildman–Crippen LogP) is 2.13. The van der Waals surface area contributed by atoms with E-state index in [4.69, 9.17) is 14.2 Å². The minimum Gasteiger partial charge on any atom is -0.382 e. The Kier molecular flexibility index (Phi) is 20.2. The van der Waals surface area contributed by atoms with Crippen LogP contribution in [-0.2, 0) is 23.8 Å². The summed E-state index contributed by atoms with van der Waals surface area (Å²) in [6.07, 6.45) is 2.18. The number of nitrogens with zero attached hydrogens (tertiary/aromatic N) is 1. The number of methoxy groups -OCH3 is 2. The standard InChI is InChI=1S/C11H17NO5.4CH4/c1-15-5-6-17-8-9(16-2)7-12-10(13)3-4-11(12)14;;;;/h3-4,9H,5-8H2,1-2H3;4*1H4. The van der Waals surface area contributed by atoms with Gasteiger partial charge in [-0.3, -0.25) is 14.5 Å². The maximum atomic E-state index is 11.3. The molecule has 1 unspecified atom stereocenters. The van der Waals surface area contributed by atoms with Gasteiger partial charge in [0.15, 0.2) is 0 Å². The highest BCUT2D eigenvalue weighted by Crippen LogP contribution is 2.06. The van der Waals surface area contributed by atoms with Gasteiger partial charge in [0.2, 0.25) is 0 Å². The lowest BCUT2D eigenvalue weighted by Crippen LogP contribution is -2.39. The number of carbonyl (C=O) groups excluding carboxylic acids is 2. The number of amides is 2. The lowest BCUT2D eigenvalue weighted by molar-refractivity contribution is -0.139. The van der Waals surface area contributed by atoms with Gasteiger partial charge >= 0.3 is 0 Å². The summed E-state index contributed by atoms with van der Waals surface area (Å²) >= 11 is 0. The van der Waals surface area contributed by atoms with Crippen LogP contribution in [0.5, 0.6) is 0 Å². The molecule has 0 fully saturated rings. The first-order valence-corrected chi connectivity index (χ1v) is 5.32. The van der Waals surface area contributed by atoms with E-state index in [0.29, 0.717) is 19.8 Å². The van der Waals surface area contributed by atoms with Crippen LogP contribution < -0.4 is 0 Å². The van der Waals surface area contributed by atoms with Crippen molar-refractivity contribution in [3.05, 3.63) is 12.2 Å². The third kappa shape index (κ3) is 9.33. The Morgan fingerprint density at radius 3 is 1.95 bits per heavy atom. The molecule has 0 spiro atoms. The molecule has 2 amide bonds. The van der Waals surface area contributed by atoms with E-state index in [-0.39, 0.29) is 54.2 Å². The van der Waals surface area contributed by atoms with Crippen LogP contribution in [0.2, 0.25) is 0 Å². The molecule has 1 rings (SSSR count). The molecule has 0 radical (unpaired) electrons. The third-order valence-corrected chi connectivity index (χ3v) is 2.36. The van der Waals surface area contributed by atoms with Gasteiger partial charge in [0.25, 0.3) is 11.8 Å². The van der Waals surface area contributed by atoms with E-state index in [9.17, 15) is 9.59 Å². The van der Waals surface area contributed by atoms with Crippen molar-refractivity contribution < 1.29 is 23.8 Å². The van der Waals surface area contributed by atoms with E-state index in [0.717, 1.165) is 4.90 Å². The van der Waals surface area contributed by atoms with Gasteiger partial charge in [0.05, 0.1) is 32.5 Å². The molecule has 0 aromatic carbocycles. The Bertz CT molecular complexity index is 286. The van der Waals surface area contributed by atoms with Crippen LogP contribution in [0.3, 0.4) is 0 Å². The molecule has 0 aliphatic carbocycles. The van der Waals surface area contributed by atoms with Gasteiger partial charge in [-0.1, -0.05) is 29.7 Å². The van der Waals surface area contributed by atoms with Crippen LogP contribution in [0.25, 0.3) is 0 Å². The van der Waals surface area contributed by atoms with E-state index in [2.05, 4.69) is 0 Å². The maximum Gasteiger partial charge on any atom is 0.253 e. The summed E-state index contributed by atoms with van der Waals surface area (Å²) in [5.41, 5.74) is 0. The highest BCUT2D eigenvalue weighted by Gasteiger charge is 2.26. The molecule has 0 aromatic heterocycles. The van der Waals surface area contributed by atoms with Crippen LogP contribution in [0.15, 0.2) is 12.2 Å². The molecule has 21 heavy (non-hydrogen) atoms. The quantitative estimate of drug-likeness (QED) is 0.508. The number of rotatable bonds is 8. The van der Waals surface area contributed by atoms with Gasteiger partial charge < -0.3 is 14.2 Å². The Hall–Kier alpha value is -1.24. The smallest absolute Gasteiger partial charge is 0.253 e. The molecule has 1 aliphatic rings. The number of imide groups is 1. The molecule has 6 heteroatoms. The molecule has 1 atom stereocenters. The van der Waals surface area contributed by atoms with Gasteiger partial charge in [0.1, 0.15) is 0 Å². The molecular formula is C15H33NO5. The van der Waals surface area contributed by atoms with Crippen molar-refractivity contribution in [2.75, 3.05) is 40.6 Å². The molecule has 128 valence electrons. The van der Waals surface area contributed by atoms with Gasteiger partial charge in [0, 0.05) is 26.4 Å². The monoisotopic (exact) mass is 307 g/mol. The van der Waals surface area contributed by atoms with Crippen LogP contribution in [-0.4, -0.2) is 63.4 Å². The van der Waals surface area contributed by atoms with Crippen molar-refractivity contribution in [1.82, 2.24) is 4.90 Å². The minimum absolute atomic E-state index is 0. The summed E-state index contributed by atoms with van der Waals surface area (Å²) in [5.74, 6) is -0.622. The highest BCUT2D eigenvalue weighted by atomic mass is 16.5. The van der Waals surface area contributed by atoms with E-state index in [1.807, 2.05) is 0 Å². The molecular weight excluding hydrogens is 274 g/mol. The zero-order chi connectivity index (χ0) is 12.7. The fourth-order valence-corrected chi connectivity index (χ4v) is 1.37. The minimum atomic E-state index is -0.320. The van der Waals surface area contributed by atoms with Crippen molar-refractivity contribution in [2.45, 2.75) is 35.8 Å². The normalized spacial score (nSPS) is 13.7. The fourth-order valence-electron chi connectivity index (χ4n) is 1.37. The van der Waals surface area contributed by atoms with Crippen LogP contribution in [0.4, 0.5) is 0 Å². The highest BCUT2D eigenvalue weighted by molar-refractivity contribution is 6.12. The average molecular weight is 307 g/mol. The molecule has 6 nitrogen and oxygen atoms in total. The zero-order valence-corrected chi connectivity index (χ0v) is 10.0. The number of hydrogen-bond donors (Lipinski definition) is 0. The van der Waals surface area contributed by atoms with Crippen molar-refractivity contribution in [1.29, 1.82) is 0 Å². The second-order valence-corrected chi connectivity index (χ2v) is 3.55. The van der Waals surface area contributed by atoms with Gasteiger partial charge in [-0.05, 0) is 0 Å². The summed E-state index contributed by atoms with van der Waals surface area (Å²) < 4.78 is 15.3. The van der Waals surface area contributed by atoms with Crippen molar-refractivity contribution in [3.8, 4) is 0 Å². The van der Waals surface area contributed by atoms with E-state index < -0.39 is 0 Å². The molecule has 0 N–H and O–H groups in total. The lowest BCUT2D eigenvalue weighted by Gasteiger charge is -2.21. The molecule has 0 saturated heterocycles. The Morgan fingerprint density at radius 2 is 1.52 bits per heavy atom. The van der Waals surface area contributed by atoms with Crippen LogP contribution in [0, 0.1) is 0 Å². The molecule has 0 aromatic rings. The lowest BCUT2D eigenvalue weighted by atomic mass is 10.3. The topological polar surface area (TPSA) is 65.1 Å². The summed E-state index contributed by atoms with van der Waals surface area (Å²) in [5, 5.41) is 0. The second kappa shape index (κ2) is 15.2. The summed E-state index contributed by atoms with van der Waals surface area (Å²) in [6, 6.07) is 0. The first-order chi connectivity index (χ1) is 8.19. The summed E-state index contributed by atoms with van der Waals surface area (Å²) in [7, 11) is 3.10. The Morgan fingerprint density at radius 1 is 1.00 bits per heavy atom. The largest absolute Gasteiger partial charge is 0.382 e. The third-order valence-electron chi connectivity index (χ3n) is 2.36. The van der Waals surface area contributed by atoms with Crippen LogP contribution >= 0.6 is 0 Å². The second-order valence-electron chi connectivity index (χ2n) is 3.55. The molecule has 0 bridgehead atoms. The fraction of sp³-hybridized carbons (Fsp3) is 0.733. The summed E-state index contributed by atoms with van der Waals surface area (Å²) in [6.45, 7) is 1.47. The number of carbonyl (C=O) groups is 2. The van der Waals surface area contributed by atoms with Crippen molar-refractivity contribution >= 4 is 11.8 Å². The first-order valence-electron chi connectivity index (χ1n) is 5.32.